The summed E-state index contributed by atoms with van der Waals surface area (Å²) in [5, 5.41) is 11.1. The maximum atomic E-state index is 11.2. The Labute approximate surface area is 234 Å². The minimum atomic E-state index is -0.839. The summed E-state index contributed by atoms with van der Waals surface area (Å²) in [7, 11) is 0. The van der Waals surface area contributed by atoms with Gasteiger partial charge in [-0.25, -0.2) is 9.97 Å². The third-order valence-electron chi connectivity index (χ3n) is 5.78. The standard InChI is InChI=1S/C16H15NO2S.C15H11NO2S/c1-16(2,18)11-7-9-12(10-8-11)19-15-17-13-5-3-4-6-14(13)20-15;1-10(17)11-6-8-12(9-7-11)18-15-16-13-4-2-3-5-14(13)19-15/h3-10,18H,1-2H3;2-9H,1H3. The van der Waals surface area contributed by atoms with Crippen molar-refractivity contribution < 1.29 is 19.4 Å². The molecule has 196 valence electrons. The van der Waals surface area contributed by atoms with Gasteiger partial charge in [-0.05, 0) is 87.0 Å². The van der Waals surface area contributed by atoms with Crippen LogP contribution in [0, 0.1) is 0 Å². The fourth-order valence-electron chi connectivity index (χ4n) is 3.68. The summed E-state index contributed by atoms with van der Waals surface area (Å²) in [4.78, 5) is 20.0. The molecular formula is C31H26N2O4S2. The third kappa shape index (κ3) is 6.67. The molecule has 0 amide bonds. The number of Topliss-reactive ketones (excluding diaryl/α,β-unsaturated/α-hetero) is 1. The Morgan fingerprint density at radius 3 is 1.54 bits per heavy atom. The van der Waals surface area contributed by atoms with Crippen molar-refractivity contribution in [3.63, 3.8) is 0 Å². The summed E-state index contributed by atoms with van der Waals surface area (Å²) in [5.41, 5.74) is 2.57. The normalized spacial score (nSPS) is 11.2. The van der Waals surface area contributed by atoms with Crippen LogP contribution in [-0.4, -0.2) is 20.9 Å². The first kappa shape index (κ1) is 26.5. The first-order valence-corrected chi connectivity index (χ1v) is 13.9. The van der Waals surface area contributed by atoms with Crippen molar-refractivity contribution in [1.82, 2.24) is 9.97 Å². The second kappa shape index (κ2) is 11.3. The summed E-state index contributed by atoms with van der Waals surface area (Å²) >= 11 is 3.02. The van der Waals surface area contributed by atoms with E-state index in [2.05, 4.69) is 9.97 Å². The van der Waals surface area contributed by atoms with Crippen molar-refractivity contribution in [2.24, 2.45) is 0 Å². The molecule has 0 atom stereocenters. The zero-order chi connectivity index (χ0) is 27.4. The molecule has 0 aliphatic carbocycles. The fourth-order valence-corrected chi connectivity index (χ4v) is 5.35. The molecule has 0 radical (unpaired) electrons. The number of rotatable bonds is 6. The van der Waals surface area contributed by atoms with E-state index >= 15 is 0 Å². The molecule has 0 spiro atoms. The molecule has 0 unspecified atom stereocenters. The molecule has 2 aromatic heterocycles. The lowest BCUT2D eigenvalue weighted by atomic mass is 9.99. The first-order chi connectivity index (χ1) is 18.7. The lowest BCUT2D eigenvalue weighted by molar-refractivity contribution is 0.0785. The molecule has 2 heterocycles. The number of fused-ring (bicyclic) bond motifs is 2. The number of carbonyl (C=O) groups is 1. The van der Waals surface area contributed by atoms with E-state index in [0.717, 1.165) is 31.7 Å². The molecular weight excluding hydrogens is 528 g/mol. The van der Waals surface area contributed by atoms with Crippen LogP contribution in [0.15, 0.2) is 97.1 Å². The molecule has 1 N–H and O–H groups in total. The van der Waals surface area contributed by atoms with Crippen molar-refractivity contribution in [3.8, 4) is 21.9 Å². The van der Waals surface area contributed by atoms with Crippen molar-refractivity contribution >= 4 is 48.9 Å². The number of aliphatic hydroxyl groups is 1. The highest BCUT2D eigenvalue weighted by molar-refractivity contribution is 7.20. The molecule has 0 fully saturated rings. The Morgan fingerprint density at radius 1 is 0.692 bits per heavy atom. The van der Waals surface area contributed by atoms with Crippen molar-refractivity contribution in [3.05, 3.63) is 108 Å². The van der Waals surface area contributed by atoms with Crippen LogP contribution in [0.3, 0.4) is 0 Å². The molecule has 0 aliphatic heterocycles. The number of carbonyl (C=O) groups excluding carboxylic acids is 1. The molecule has 6 aromatic rings. The van der Waals surface area contributed by atoms with E-state index in [0.29, 0.717) is 21.7 Å². The van der Waals surface area contributed by atoms with Crippen LogP contribution in [0.1, 0.15) is 36.7 Å². The van der Waals surface area contributed by atoms with Gasteiger partial charge in [0.15, 0.2) is 5.78 Å². The average Bonchev–Trinajstić information content (AvgIpc) is 3.52. The van der Waals surface area contributed by atoms with Gasteiger partial charge < -0.3 is 14.6 Å². The first-order valence-electron chi connectivity index (χ1n) is 12.3. The van der Waals surface area contributed by atoms with Crippen LogP contribution < -0.4 is 9.47 Å². The molecule has 0 aliphatic rings. The lowest BCUT2D eigenvalue weighted by Gasteiger charge is -2.17. The van der Waals surface area contributed by atoms with Crippen LogP contribution in [0.25, 0.3) is 20.4 Å². The van der Waals surface area contributed by atoms with E-state index in [4.69, 9.17) is 9.47 Å². The second-order valence-corrected chi connectivity index (χ2v) is 11.2. The van der Waals surface area contributed by atoms with E-state index in [1.807, 2.05) is 72.8 Å². The van der Waals surface area contributed by atoms with E-state index in [1.165, 1.54) is 22.7 Å². The quantitative estimate of drug-likeness (QED) is 0.208. The third-order valence-corrected chi connectivity index (χ3v) is 7.61. The van der Waals surface area contributed by atoms with Gasteiger partial charge in [-0.1, -0.05) is 59.1 Å². The minimum Gasteiger partial charge on any atom is -0.431 e. The smallest absolute Gasteiger partial charge is 0.279 e. The number of ether oxygens (including phenoxy) is 2. The Balaban J connectivity index is 0.000000158. The number of ketones is 1. The topological polar surface area (TPSA) is 81.5 Å². The Kier molecular flexibility index (Phi) is 7.70. The van der Waals surface area contributed by atoms with Gasteiger partial charge in [-0.15, -0.1) is 0 Å². The summed E-state index contributed by atoms with van der Waals surface area (Å²) < 4.78 is 13.7. The van der Waals surface area contributed by atoms with Gasteiger partial charge in [0.25, 0.3) is 10.4 Å². The van der Waals surface area contributed by atoms with Crippen LogP contribution in [0.5, 0.6) is 21.9 Å². The number of thiazole rings is 2. The van der Waals surface area contributed by atoms with Gasteiger partial charge in [0.2, 0.25) is 0 Å². The van der Waals surface area contributed by atoms with Gasteiger partial charge >= 0.3 is 0 Å². The second-order valence-electron chi connectivity index (χ2n) is 9.26. The number of aromatic nitrogens is 2. The predicted octanol–water partition coefficient (Wildman–Crippen LogP) is 8.61. The molecule has 0 saturated heterocycles. The molecule has 0 bridgehead atoms. The highest BCUT2D eigenvalue weighted by atomic mass is 32.1. The molecule has 6 nitrogen and oxygen atoms in total. The zero-order valence-corrected chi connectivity index (χ0v) is 23.3. The number of hydrogen-bond donors (Lipinski definition) is 1. The molecule has 6 rings (SSSR count). The summed E-state index contributed by atoms with van der Waals surface area (Å²) in [6.45, 7) is 5.07. The molecule has 4 aromatic carbocycles. The average molecular weight is 555 g/mol. The summed E-state index contributed by atoms with van der Waals surface area (Å²) in [6, 6.07) is 30.3. The van der Waals surface area contributed by atoms with E-state index in [1.54, 1.807) is 45.0 Å². The Bertz CT molecular complexity index is 1650. The molecule has 0 saturated carbocycles. The van der Waals surface area contributed by atoms with Crippen molar-refractivity contribution in [2.45, 2.75) is 26.4 Å². The molecule has 39 heavy (non-hydrogen) atoms. The van der Waals surface area contributed by atoms with Gasteiger partial charge in [0, 0.05) is 5.56 Å². The van der Waals surface area contributed by atoms with E-state index in [9.17, 15) is 9.90 Å². The molecule has 8 heteroatoms. The monoisotopic (exact) mass is 554 g/mol. The highest BCUT2D eigenvalue weighted by Gasteiger charge is 2.15. The Morgan fingerprint density at radius 2 is 1.13 bits per heavy atom. The van der Waals surface area contributed by atoms with E-state index < -0.39 is 5.60 Å². The van der Waals surface area contributed by atoms with Crippen LogP contribution in [0.2, 0.25) is 0 Å². The highest BCUT2D eigenvalue weighted by Crippen LogP contribution is 2.32. The largest absolute Gasteiger partial charge is 0.431 e. The summed E-state index contributed by atoms with van der Waals surface area (Å²) in [5.74, 6) is 1.45. The minimum absolute atomic E-state index is 0.0477. The number of nitrogens with zero attached hydrogens (tertiary/aromatic N) is 2. The maximum Gasteiger partial charge on any atom is 0.279 e. The number of hydrogen-bond acceptors (Lipinski definition) is 8. The van der Waals surface area contributed by atoms with Gasteiger partial charge in [-0.2, -0.15) is 0 Å². The summed E-state index contributed by atoms with van der Waals surface area (Å²) in [6.07, 6.45) is 0. The predicted molar refractivity (Wildman–Crippen MR) is 158 cm³/mol. The fraction of sp³-hybridized carbons (Fsp3) is 0.129. The maximum absolute atomic E-state index is 11.2. The number of para-hydroxylation sites is 2. The van der Waals surface area contributed by atoms with E-state index in [-0.39, 0.29) is 5.78 Å². The van der Waals surface area contributed by atoms with Crippen LogP contribution in [-0.2, 0) is 5.60 Å². The SMILES string of the molecule is CC(=O)c1ccc(Oc2nc3ccccc3s2)cc1.CC(C)(O)c1ccc(Oc2nc3ccccc3s2)cc1. The van der Waals surface area contributed by atoms with Gasteiger partial charge in [0.05, 0.1) is 26.0 Å². The van der Waals surface area contributed by atoms with Crippen molar-refractivity contribution in [1.29, 1.82) is 0 Å². The van der Waals surface area contributed by atoms with Crippen LogP contribution >= 0.6 is 22.7 Å². The van der Waals surface area contributed by atoms with Crippen LogP contribution in [0.4, 0.5) is 0 Å². The van der Waals surface area contributed by atoms with Crippen molar-refractivity contribution in [2.75, 3.05) is 0 Å². The zero-order valence-electron chi connectivity index (χ0n) is 21.6. The lowest BCUT2D eigenvalue weighted by Crippen LogP contribution is -2.14. The van der Waals surface area contributed by atoms with Gasteiger partial charge in [0.1, 0.15) is 11.5 Å². The number of benzene rings is 4. The Hall–Kier alpha value is -4.11. The van der Waals surface area contributed by atoms with Gasteiger partial charge in [-0.3, -0.25) is 4.79 Å².